The maximum Gasteiger partial charge on any atom is 0.224 e. The summed E-state index contributed by atoms with van der Waals surface area (Å²) >= 11 is 3.42. The Labute approximate surface area is 149 Å². The molecule has 1 aromatic heterocycles. The largest absolute Gasteiger partial charge is 0.497 e. The van der Waals surface area contributed by atoms with Crippen molar-refractivity contribution in [3.63, 3.8) is 0 Å². The lowest BCUT2D eigenvalue weighted by Crippen LogP contribution is -2.27. The van der Waals surface area contributed by atoms with Crippen LogP contribution in [0.2, 0.25) is 0 Å². The lowest BCUT2D eigenvalue weighted by atomic mass is 10.1. The Morgan fingerprint density at radius 2 is 2.12 bits per heavy atom. The van der Waals surface area contributed by atoms with Crippen LogP contribution < -0.4 is 10.1 Å². The molecule has 3 rings (SSSR count). The topological polar surface area (TPSA) is 54.1 Å². The molecule has 0 fully saturated rings. The molecule has 0 saturated carbocycles. The molecule has 0 bridgehead atoms. The minimum atomic E-state index is 0.0329. The number of rotatable bonds is 6. The number of hydrogen-bond donors (Lipinski definition) is 2. The second-order valence-corrected chi connectivity index (χ2v) is 6.55. The van der Waals surface area contributed by atoms with Crippen molar-refractivity contribution in [2.45, 2.75) is 12.8 Å². The highest BCUT2D eigenvalue weighted by Crippen LogP contribution is 2.23. The molecule has 4 nitrogen and oxygen atoms in total. The number of methoxy groups -OCH3 is 1. The van der Waals surface area contributed by atoms with Gasteiger partial charge in [-0.3, -0.25) is 4.79 Å². The highest BCUT2D eigenvalue weighted by Gasteiger charge is 2.07. The molecule has 0 saturated heterocycles. The third kappa shape index (κ3) is 3.97. The van der Waals surface area contributed by atoms with E-state index in [1.54, 1.807) is 7.11 Å². The number of aromatic amines is 1. The Hall–Kier alpha value is -2.27. The van der Waals surface area contributed by atoms with Crippen molar-refractivity contribution in [1.29, 1.82) is 0 Å². The van der Waals surface area contributed by atoms with Crippen molar-refractivity contribution in [3.8, 4) is 5.75 Å². The van der Waals surface area contributed by atoms with Crippen LogP contribution in [-0.2, 0) is 17.6 Å². The van der Waals surface area contributed by atoms with E-state index in [1.807, 2.05) is 48.7 Å². The summed E-state index contributed by atoms with van der Waals surface area (Å²) in [4.78, 5) is 15.3. The molecule has 1 heterocycles. The van der Waals surface area contributed by atoms with Gasteiger partial charge in [-0.25, -0.2) is 0 Å². The van der Waals surface area contributed by atoms with Crippen LogP contribution in [0.3, 0.4) is 0 Å². The molecule has 5 heteroatoms. The summed E-state index contributed by atoms with van der Waals surface area (Å²) in [7, 11) is 1.66. The van der Waals surface area contributed by atoms with Crippen molar-refractivity contribution in [2.75, 3.05) is 13.7 Å². The van der Waals surface area contributed by atoms with Crippen molar-refractivity contribution in [1.82, 2.24) is 10.3 Å². The quantitative estimate of drug-likeness (QED) is 0.675. The van der Waals surface area contributed by atoms with Crippen LogP contribution in [0.5, 0.6) is 5.75 Å². The van der Waals surface area contributed by atoms with E-state index in [-0.39, 0.29) is 5.91 Å². The smallest absolute Gasteiger partial charge is 0.224 e. The van der Waals surface area contributed by atoms with Gasteiger partial charge in [-0.15, -0.1) is 0 Å². The Bertz CT molecular complexity index is 857. The lowest BCUT2D eigenvalue weighted by Gasteiger charge is -2.06. The number of hydrogen-bond acceptors (Lipinski definition) is 2. The number of H-pyrrole nitrogens is 1. The van der Waals surface area contributed by atoms with Gasteiger partial charge in [-0.2, -0.15) is 0 Å². The van der Waals surface area contributed by atoms with Gasteiger partial charge in [0.2, 0.25) is 5.91 Å². The van der Waals surface area contributed by atoms with Gasteiger partial charge in [-0.05, 0) is 47.9 Å². The van der Waals surface area contributed by atoms with Crippen LogP contribution in [0.1, 0.15) is 11.1 Å². The first-order chi connectivity index (χ1) is 11.7. The zero-order chi connectivity index (χ0) is 16.9. The zero-order valence-electron chi connectivity index (χ0n) is 13.4. The lowest BCUT2D eigenvalue weighted by molar-refractivity contribution is -0.120. The fraction of sp³-hybridized carbons (Fsp3) is 0.211. The Kier molecular flexibility index (Phi) is 5.20. The molecule has 0 aliphatic carbocycles. The maximum atomic E-state index is 12.1. The molecule has 2 aromatic carbocycles. The third-order valence-electron chi connectivity index (χ3n) is 3.94. The average molecular weight is 387 g/mol. The van der Waals surface area contributed by atoms with Crippen LogP contribution in [0.15, 0.2) is 53.1 Å². The number of aromatic nitrogens is 1. The fourth-order valence-corrected chi connectivity index (χ4v) is 3.17. The van der Waals surface area contributed by atoms with E-state index in [4.69, 9.17) is 4.74 Å². The molecule has 124 valence electrons. The molecule has 0 atom stereocenters. The molecule has 0 unspecified atom stereocenters. The number of halogens is 1. The molecular formula is C19H19BrN2O2. The van der Waals surface area contributed by atoms with Crippen LogP contribution >= 0.6 is 15.9 Å². The van der Waals surface area contributed by atoms with E-state index in [0.29, 0.717) is 13.0 Å². The SMILES string of the molecule is COc1ccc2[nH]cc(CCNC(=O)Cc3cccc(Br)c3)c2c1. The van der Waals surface area contributed by atoms with Gasteiger partial charge in [0.25, 0.3) is 0 Å². The molecule has 0 spiro atoms. The number of fused-ring (bicyclic) bond motifs is 1. The van der Waals surface area contributed by atoms with Gasteiger partial charge in [0.05, 0.1) is 13.5 Å². The second kappa shape index (κ2) is 7.53. The van der Waals surface area contributed by atoms with E-state index in [9.17, 15) is 4.79 Å². The summed E-state index contributed by atoms with van der Waals surface area (Å²) in [6.45, 7) is 0.608. The number of amides is 1. The molecule has 0 aliphatic rings. The van der Waals surface area contributed by atoms with E-state index in [0.717, 1.165) is 33.1 Å². The normalized spacial score (nSPS) is 10.8. The van der Waals surface area contributed by atoms with E-state index in [2.05, 4.69) is 26.2 Å². The summed E-state index contributed by atoms with van der Waals surface area (Å²) in [5.41, 5.74) is 3.25. The van der Waals surface area contributed by atoms with Crippen LogP contribution in [0.25, 0.3) is 10.9 Å². The van der Waals surface area contributed by atoms with Crippen molar-refractivity contribution in [3.05, 3.63) is 64.3 Å². The Morgan fingerprint density at radius 1 is 1.25 bits per heavy atom. The molecule has 0 aliphatic heterocycles. The minimum Gasteiger partial charge on any atom is -0.497 e. The predicted molar refractivity (Wildman–Crippen MR) is 99.4 cm³/mol. The van der Waals surface area contributed by atoms with Crippen LogP contribution in [0, 0.1) is 0 Å². The van der Waals surface area contributed by atoms with Crippen LogP contribution in [0.4, 0.5) is 0 Å². The number of nitrogens with one attached hydrogen (secondary N) is 2. The predicted octanol–water partition coefficient (Wildman–Crippen LogP) is 3.84. The molecule has 0 radical (unpaired) electrons. The number of ether oxygens (including phenoxy) is 1. The summed E-state index contributed by atoms with van der Waals surface area (Å²) in [6.07, 6.45) is 3.16. The van der Waals surface area contributed by atoms with Gasteiger partial charge in [0, 0.05) is 28.1 Å². The highest BCUT2D eigenvalue weighted by molar-refractivity contribution is 9.10. The average Bonchev–Trinajstić information content (AvgIpc) is 2.97. The summed E-state index contributed by atoms with van der Waals surface area (Å²) in [5, 5.41) is 4.12. The van der Waals surface area contributed by atoms with E-state index >= 15 is 0 Å². The second-order valence-electron chi connectivity index (χ2n) is 5.63. The van der Waals surface area contributed by atoms with E-state index < -0.39 is 0 Å². The molecule has 2 N–H and O–H groups in total. The van der Waals surface area contributed by atoms with E-state index in [1.165, 1.54) is 5.56 Å². The number of carbonyl (C=O) groups excluding carboxylic acids is 1. The standard InChI is InChI=1S/C19H19BrN2O2/c1-24-16-5-6-18-17(11-16)14(12-22-18)7-8-21-19(23)10-13-3-2-4-15(20)9-13/h2-6,9,11-12,22H,7-8,10H2,1H3,(H,21,23). The monoisotopic (exact) mass is 386 g/mol. The molecule has 24 heavy (non-hydrogen) atoms. The van der Waals surface area contributed by atoms with Crippen molar-refractivity contribution in [2.24, 2.45) is 0 Å². The van der Waals surface area contributed by atoms with Crippen LogP contribution in [-0.4, -0.2) is 24.5 Å². The van der Waals surface area contributed by atoms with Crippen molar-refractivity contribution >= 4 is 32.7 Å². The molecule has 1 amide bonds. The van der Waals surface area contributed by atoms with Gasteiger partial charge >= 0.3 is 0 Å². The van der Waals surface area contributed by atoms with Gasteiger partial charge in [0.1, 0.15) is 5.75 Å². The molecular weight excluding hydrogens is 368 g/mol. The highest BCUT2D eigenvalue weighted by atomic mass is 79.9. The Morgan fingerprint density at radius 3 is 2.92 bits per heavy atom. The first-order valence-electron chi connectivity index (χ1n) is 7.81. The van der Waals surface area contributed by atoms with Gasteiger partial charge < -0.3 is 15.0 Å². The number of benzene rings is 2. The Balaban J connectivity index is 1.57. The third-order valence-corrected chi connectivity index (χ3v) is 4.44. The summed E-state index contributed by atoms with van der Waals surface area (Å²) < 4.78 is 6.26. The van der Waals surface area contributed by atoms with Gasteiger partial charge in [-0.1, -0.05) is 28.1 Å². The van der Waals surface area contributed by atoms with Gasteiger partial charge in [0.15, 0.2) is 0 Å². The van der Waals surface area contributed by atoms with Crippen molar-refractivity contribution < 1.29 is 9.53 Å². The molecule has 3 aromatic rings. The summed E-state index contributed by atoms with van der Waals surface area (Å²) in [6, 6.07) is 13.8. The zero-order valence-corrected chi connectivity index (χ0v) is 15.0. The minimum absolute atomic E-state index is 0.0329. The number of carbonyl (C=O) groups is 1. The first kappa shape index (κ1) is 16.6. The fourth-order valence-electron chi connectivity index (χ4n) is 2.72. The summed E-state index contributed by atoms with van der Waals surface area (Å²) in [5.74, 6) is 0.868. The maximum absolute atomic E-state index is 12.1. The first-order valence-corrected chi connectivity index (χ1v) is 8.60.